The van der Waals surface area contributed by atoms with Gasteiger partial charge in [-0.05, 0) is 81.8 Å². The first-order valence-corrected chi connectivity index (χ1v) is 17.0. The molecule has 0 fully saturated rings. The highest BCUT2D eigenvalue weighted by atomic mass is 16.5. The number of allylic oxidation sites excluding steroid dienone is 1. The van der Waals surface area contributed by atoms with Crippen LogP contribution in [0.25, 0.3) is 0 Å². The number of nitrogens with zero attached hydrogens (tertiary/aromatic N) is 2. The molecule has 49 heavy (non-hydrogen) atoms. The number of aromatic nitrogens is 2. The van der Waals surface area contributed by atoms with Crippen LogP contribution in [0.2, 0.25) is 0 Å². The Morgan fingerprint density at radius 2 is 1.69 bits per heavy atom. The molecule has 2 atom stereocenters. The van der Waals surface area contributed by atoms with E-state index in [2.05, 4.69) is 46.3 Å². The van der Waals surface area contributed by atoms with Gasteiger partial charge in [-0.15, -0.1) is 6.58 Å². The number of carbonyl (C=O) groups is 3. The van der Waals surface area contributed by atoms with Crippen molar-refractivity contribution in [2.75, 3.05) is 12.4 Å². The van der Waals surface area contributed by atoms with Crippen molar-refractivity contribution in [1.82, 2.24) is 25.5 Å². The maximum atomic E-state index is 14.1. The molecular weight excluding hydrogens is 620 g/mol. The zero-order valence-corrected chi connectivity index (χ0v) is 29.7. The molecular formula is C38H52N6O5. The molecule has 0 saturated carbocycles. The number of rotatable bonds is 17. The lowest BCUT2D eigenvalue weighted by molar-refractivity contribution is -0.127. The fraction of sp³-hybridized carbons (Fsp3) is 0.447. The Morgan fingerprint density at radius 1 is 1.02 bits per heavy atom. The van der Waals surface area contributed by atoms with Crippen molar-refractivity contribution in [2.45, 2.75) is 104 Å². The van der Waals surface area contributed by atoms with Crippen molar-refractivity contribution >= 4 is 23.8 Å². The molecule has 0 aliphatic rings. The molecule has 3 rings (SSSR count). The second-order valence-corrected chi connectivity index (χ2v) is 13.2. The van der Waals surface area contributed by atoms with E-state index in [-0.39, 0.29) is 42.3 Å². The van der Waals surface area contributed by atoms with Gasteiger partial charge in [0.05, 0.1) is 12.8 Å². The Morgan fingerprint density at radius 3 is 2.29 bits per heavy atom. The van der Waals surface area contributed by atoms with Gasteiger partial charge in [-0.3, -0.25) is 24.7 Å². The number of anilines is 1. The first-order valence-electron chi connectivity index (χ1n) is 17.0. The van der Waals surface area contributed by atoms with E-state index in [1.165, 1.54) is 6.07 Å². The number of hydrogen-bond donors (Lipinski definition) is 4. The lowest BCUT2D eigenvalue weighted by Crippen LogP contribution is -2.53. The monoisotopic (exact) mass is 672 g/mol. The third-order valence-electron chi connectivity index (χ3n) is 8.06. The first kappa shape index (κ1) is 38.5. The number of urea groups is 1. The summed E-state index contributed by atoms with van der Waals surface area (Å²) in [6.45, 7) is 14.1. The van der Waals surface area contributed by atoms with E-state index < -0.39 is 17.6 Å². The lowest BCUT2D eigenvalue weighted by atomic mass is 9.96. The molecule has 2 unspecified atom stereocenters. The van der Waals surface area contributed by atoms with E-state index in [0.29, 0.717) is 29.8 Å². The Bertz CT molecular complexity index is 1590. The molecule has 1 heterocycles. The van der Waals surface area contributed by atoms with E-state index in [1.807, 2.05) is 45.0 Å². The summed E-state index contributed by atoms with van der Waals surface area (Å²) in [6.07, 6.45) is 6.55. The van der Waals surface area contributed by atoms with Crippen LogP contribution in [-0.4, -0.2) is 51.4 Å². The van der Waals surface area contributed by atoms with Crippen LogP contribution < -0.4 is 26.2 Å². The molecule has 0 aliphatic carbocycles. The van der Waals surface area contributed by atoms with Crippen LogP contribution in [0.4, 0.5) is 10.7 Å². The molecule has 4 N–H and O–H groups in total. The Balaban J connectivity index is 1.76. The fourth-order valence-corrected chi connectivity index (χ4v) is 5.43. The SMILES string of the molecule is C=CCCC(C(=O)NC(C)(C)C)N(Cc1ccc(OC)cc1)C(=O)c1ccc(CNC(=O)Nc2nc(C(CC)CCCC)cc(=O)[nH]2)cc1. The van der Waals surface area contributed by atoms with Crippen molar-refractivity contribution in [2.24, 2.45) is 0 Å². The van der Waals surface area contributed by atoms with Gasteiger partial charge in [-0.2, -0.15) is 0 Å². The zero-order valence-electron chi connectivity index (χ0n) is 29.7. The summed E-state index contributed by atoms with van der Waals surface area (Å²) < 4.78 is 5.29. The number of carbonyl (C=O) groups excluding carboxylic acids is 3. The van der Waals surface area contributed by atoms with Gasteiger partial charge in [-0.25, -0.2) is 9.78 Å². The highest BCUT2D eigenvalue weighted by Crippen LogP contribution is 2.24. The average Bonchev–Trinajstić information content (AvgIpc) is 3.06. The number of nitrogens with one attached hydrogen (secondary N) is 4. The minimum absolute atomic E-state index is 0.0920. The predicted octanol–water partition coefficient (Wildman–Crippen LogP) is 6.68. The summed E-state index contributed by atoms with van der Waals surface area (Å²) in [5, 5.41) is 8.44. The molecule has 11 heteroatoms. The molecule has 264 valence electrons. The van der Waals surface area contributed by atoms with Gasteiger partial charge in [-0.1, -0.05) is 57.0 Å². The van der Waals surface area contributed by atoms with Gasteiger partial charge in [0, 0.05) is 36.2 Å². The molecule has 4 amide bonds. The maximum absolute atomic E-state index is 14.1. The minimum atomic E-state index is -0.741. The quantitative estimate of drug-likeness (QED) is 0.118. The third kappa shape index (κ3) is 12.2. The molecule has 2 aromatic carbocycles. The van der Waals surface area contributed by atoms with Crippen molar-refractivity contribution < 1.29 is 19.1 Å². The van der Waals surface area contributed by atoms with Crippen LogP contribution in [0.1, 0.15) is 106 Å². The van der Waals surface area contributed by atoms with Crippen molar-refractivity contribution in [1.29, 1.82) is 0 Å². The van der Waals surface area contributed by atoms with Crippen LogP contribution in [-0.2, 0) is 17.9 Å². The van der Waals surface area contributed by atoms with Crippen molar-refractivity contribution in [3.63, 3.8) is 0 Å². The van der Waals surface area contributed by atoms with Crippen LogP contribution in [0.15, 0.2) is 72.0 Å². The molecule has 0 spiro atoms. The van der Waals surface area contributed by atoms with Crippen LogP contribution in [0.5, 0.6) is 5.75 Å². The molecule has 3 aromatic rings. The van der Waals surface area contributed by atoms with Gasteiger partial charge in [0.1, 0.15) is 11.8 Å². The summed E-state index contributed by atoms with van der Waals surface area (Å²) in [5.41, 5.74) is 1.86. The van der Waals surface area contributed by atoms with E-state index in [0.717, 1.165) is 36.8 Å². The fourth-order valence-electron chi connectivity index (χ4n) is 5.43. The van der Waals surface area contributed by atoms with Crippen LogP contribution in [0, 0.1) is 0 Å². The second-order valence-electron chi connectivity index (χ2n) is 13.2. The molecule has 11 nitrogen and oxygen atoms in total. The Kier molecular flexibility index (Phi) is 14.6. The molecule has 0 saturated heterocycles. The number of benzene rings is 2. The summed E-state index contributed by atoms with van der Waals surface area (Å²) >= 11 is 0. The molecule has 0 radical (unpaired) electrons. The summed E-state index contributed by atoms with van der Waals surface area (Å²) in [4.78, 5) is 61.3. The summed E-state index contributed by atoms with van der Waals surface area (Å²) in [5.74, 6) is 0.388. The highest BCUT2D eigenvalue weighted by Gasteiger charge is 2.32. The van der Waals surface area contributed by atoms with Crippen LogP contribution >= 0.6 is 0 Å². The predicted molar refractivity (Wildman–Crippen MR) is 194 cm³/mol. The Labute approximate surface area is 289 Å². The van der Waals surface area contributed by atoms with Gasteiger partial charge in [0.25, 0.3) is 11.5 Å². The topological polar surface area (TPSA) is 146 Å². The smallest absolute Gasteiger partial charge is 0.321 e. The Hall–Kier alpha value is -4.93. The summed E-state index contributed by atoms with van der Waals surface area (Å²) in [6, 6.07) is 14.5. The maximum Gasteiger partial charge on any atom is 0.321 e. The number of hydrogen-bond acceptors (Lipinski definition) is 6. The average molecular weight is 673 g/mol. The number of amides is 4. The van der Waals surface area contributed by atoms with Crippen LogP contribution in [0.3, 0.4) is 0 Å². The van der Waals surface area contributed by atoms with Gasteiger partial charge >= 0.3 is 6.03 Å². The first-order chi connectivity index (χ1) is 23.4. The number of methoxy groups -OCH3 is 1. The number of aromatic amines is 1. The van der Waals surface area contributed by atoms with E-state index in [1.54, 1.807) is 42.4 Å². The summed E-state index contributed by atoms with van der Waals surface area (Å²) in [7, 11) is 1.59. The molecule has 1 aromatic heterocycles. The zero-order chi connectivity index (χ0) is 36.0. The molecule has 0 aliphatic heterocycles. The largest absolute Gasteiger partial charge is 0.497 e. The second kappa shape index (κ2) is 18.6. The van der Waals surface area contributed by atoms with E-state index in [9.17, 15) is 19.2 Å². The standard InChI is InChI=1S/C38H52N6O5/c1-8-11-13-28(10-3)31-23-33(45)41-36(40-31)42-37(48)39-24-26-15-19-29(20-16-26)35(47)44(25-27-17-21-30(49-7)22-18-27)32(14-12-9-2)34(46)43-38(4,5)6/h9,15-23,28,32H,2,8,10-14,24-25H2,1,3-7H3,(H,43,46)(H3,39,40,41,42,45,48). The van der Waals surface area contributed by atoms with Gasteiger partial charge in [0.2, 0.25) is 11.9 Å². The highest BCUT2D eigenvalue weighted by molar-refractivity contribution is 5.97. The number of H-pyrrole nitrogens is 1. The number of ether oxygens (including phenoxy) is 1. The van der Waals surface area contributed by atoms with E-state index in [4.69, 9.17) is 4.74 Å². The minimum Gasteiger partial charge on any atom is -0.497 e. The van der Waals surface area contributed by atoms with Crippen molar-refractivity contribution in [3.05, 3.63) is 100.0 Å². The lowest BCUT2D eigenvalue weighted by Gasteiger charge is -2.33. The van der Waals surface area contributed by atoms with Gasteiger partial charge in [0.15, 0.2) is 0 Å². The van der Waals surface area contributed by atoms with E-state index >= 15 is 0 Å². The number of unbranched alkanes of at least 4 members (excludes halogenated alkanes) is 1. The van der Waals surface area contributed by atoms with Crippen molar-refractivity contribution in [3.8, 4) is 5.75 Å². The normalized spacial score (nSPS) is 12.4. The molecule has 0 bridgehead atoms. The van der Waals surface area contributed by atoms with Gasteiger partial charge < -0.3 is 20.3 Å². The third-order valence-corrected chi connectivity index (χ3v) is 8.06.